The zero-order chi connectivity index (χ0) is 10.6. The zero-order valence-electron chi connectivity index (χ0n) is 7.48. The highest BCUT2D eigenvalue weighted by Gasteiger charge is 2.20. The molecule has 0 saturated carbocycles. The predicted octanol–water partition coefficient (Wildman–Crippen LogP) is 1.92. The molecule has 14 heavy (non-hydrogen) atoms. The average molecular weight is 254 g/mol. The fraction of sp³-hybridized carbons (Fsp3) is 0.125. The summed E-state index contributed by atoms with van der Waals surface area (Å²) in [7, 11) is 6.32. The van der Waals surface area contributed by atoms with E-state index >= 15 is 0 Å². The van der Waals surface area contributed by atoms with Crippen LogP contribution in [0.2, 0.25) is 0 Å². The number of rotatable bonds is 3. The first-order valence-electron chi connectivity index (χ1n) is 3.74. The number of hydrogen-bond acceptors (Lipinski definition) is 3. The van der Waals surface area contributed by atoms with Crippen molar-refractivity contribution in [2.24, 2.45) is 4.90 Å². The van der Waals surface area contributed by atoms with E-state index in [1.165, 1.54) is 13.3 Å². The quantitative estimate of drug-likeness (QED) is 0.469. The van der Waals surface area contributed by atoms with Crippen molar-refractivity contribution in [2.75, 3.05) is 7.11 Å². The lowest BCUT2D eigenvalue weighted by molar-refractivity contribution is -0.736. The van der Waals surface area contributed by atoms with Gasteiger partial charge in [-0.3, -0.25) is 0 Å². The van der Waals surface area contributed by atoms with Crippen LogP contribution >= 0.6 is 15.9 Å². The first-order valence-corrected chi connectivity index (χ1v) is 4.53. The minimum atomic E-state index is 0.344. The van der Waals surface area contributed by atoms with Crippen molar-refractivity contribution in [1.29, 1.82) is 0 Å². The topological polar surface area (TPSA) is 41.7 Å². The average Bonchev–Trinajstić information content (AvgIpc) is 2.20. The predicted molar refractivity (Wildman–Crippen MR) is 57.8 cm³/mol. The molecule has 1 aromatic rings. The first-order chi connectivity index (χ1) is 6.70. The Morgan fingerprint density at radius 1 is 1.64 bits per heavy atom. The Bertz CT molecular complexity index is 382. The number of benzene rings is 1. The summed E-state index contributed by atoms with van der Waals surface area (Å²) in [5, 5.41) is 0. The minimum absolute atomic E-state index is 0.344. The summed E-state index contributed by atoms with van der Waals surface area (Å²) in [4.78, 5) is 19.5. The molecule has 6 heteroatoms. The van der Waals surface area contributed by atoms with Crippen LogP contribution in [0.3, 0.4) is 0 Å². The van der Waals surface area contributed by atoms with Crippen molar-refractivity contribution in [3.63, 3.8) is 0 Å². The lowest BCUT2D eigenvalue weighted by Crippen LogP contribution is -2.02. The minimum Gasteiger partial charge on any atom is -0.362 e. The molecule has 0 aromatic heterocycles. The first kappa shape index (κ1) is 10.9. The highest BCUT2D eigenvalue weighted by atomic mass is 79.9. The van der Waals surface area contributed by atoms with Crippen LogP contribution in [0.25, 0.3) is 0 Å². The molecule has 0 aliphatic carbocycles. The maximum Gasteiger partial charge on any atom is 0.326 e. The lowest BCUT2D eigenvalue weighted by Gasteiger charge is -1.97. The van der Waals surface area contributed by atoms with Crippen LogP contribution in [0.15, 0.2) is 27.6 Å². The van der Waals surface area contributed by atoms with Crippen molar-refractivity contribution < 1.29 is 9.76 Å². The van der Waals surface area contributed by atoms with Crippen LogP contribution in [-0.4, -0.2) is 26.2 Å². The van der Waals surface area contributed by atoms with Gasteiger partial charge in [-0.05, 0) is 22.0 Å². The molecular formula is C8H7BBrN2O2+. The zero-order valence-corrected chi connectivity index (χ0v) is 9.06. The second-order valence-electron chi connectivity index (χ2n) is 2.39. The third-order valence-electron chi connectivity index (χ3n) is 1.60. The van der Waals surface area contributed by atoms with E-state index in [1.54, 1.807) is 18.2 Å². The van der Waals surface area contributed by atoms with Gasteiger partial charge in [-0.25, -0.2) is 4.84 Å². The Kier molecular flexibility index (Phi) is 3.82. The van der Waals surface area contributed by atoms with Gasteiger partial charge >= 0.3 is 5.69 Å². The normalized spacial score (nSPS) is 10.4. The Balaban J connectivity index is 3.27. The summed E-state index contributed by atoms with van der Waals surface area (Å²) in [5.41, 5.74) is 0.919. The molecular weight excluding hydrogens is 247 g/mol. The molecule has 0 saturated heterocycles. The second kappa shape index (κ2) is 4.90. The van der Waals surface area contributed by atoms with Gasteiger partial charge in [0.05, 0.1) is 10.5 Å². The summed E-state index contributed by atoms with van der Waals surface area (Å²) in [5.74, 6) is 0. The molecule has 4 nitrogen and oxygen atoms in total. The maximum atomic E-state index is 11.2. The van der Waals surface area contributed by atoms with E-state index in [0.717, 1.165) is 4.47 Å². The molecule has 1 rings (SSSR count). The lowest BCUT2D eigenvalue weighted by atomic mass is 10.2. The van der Waals surface area contributed by atoms with E-state index in [2.05, 4.69) is 25.7 Å². The number of hydrogen-bond donors (Lipinski definition) is 0. The van der Waals surface area contributed by atoms with Gasteiger partial charge in [0.15, 0.2) is 7.11 Å². The van der Waals surface area contributed by atoms with Gasteiger partial charge in [0.25, 0.3) is 12.9 Å². The molecule has 0 N–H and O–H groups in total. The highest BCUT2D eigenvalue weighted by molar-refractivity contribution is 9.10. The fourth-order valence-electron chi connectivity index (χ4n) is 0.986. The molecule has 0 unspecified atom stereocenters. The summed E-state index contributed by atoms with van der Waals surface area (Å²) < 4.78 is 0.724. The molecule has 0 aliphatic rings. The van der Waals surface area contributed by atoms with E-state index in [9.17, 15) is 4.91 Å². The SMILES string of the molecule is [B]/N=C/c1c(Br)cccc1[N+](=O)OC. The second-order valence-corrected chi connectivity index (χ2v) is 3.24. The van der Waals surface area contributed by atoms with Gasteiger partial charge in [-0.1, -0.05) is 6.07 Å². The third kappa shape index (κ3) is 2.20. The van der Waals surface area contributed by atoms with Gasteiger partial charge in [-0.2, -0.15) is 0 Å². The number of halogens is 1. The van der Waals surface area contributed by atoms with E-state index in [0.29, 0.717) is 16.2 Å². The van der Waals surface area contributed by atoms with Gasteiger partial charge in [0, 0.05) is 16.8 Å². The highest BCUT2D eigenvalue weighted by Crippen LogP contribution is 2.24. The van der Waals surface area contributed by atoms with Crippen LogP contribution in [0.5, 0.6) is 0 Å². The Hall–Kier alpha value is -1.17. The molecule has 0 atom stereocenters. The van der Waals surface area contributed by atoms with Crippen molar-refractivity contribution in [1.82, 2.24) is 0 Å². The monoisotopic (exact) mass is 253 g/mol. The van der Waals surface area contributed by atoms with Crippen LogP contribution in [0, 0.1) is 4.91 Å². The Labute approximate surface area is 91.1 Å². The maximum absolute atomic E-state index is 11.2. The van der Waals surface area contributed by atoms with Crippen LogP contribution in [0.4, 0.5) is 5.69 Å². The molecule has 0 spiro atoms. The van der Waals surface area contributed by atoms with Crippen LogP contribution in [-0.2, 0) is 4.84 Å². The molecule has 0 aliphatic heterocycles. The summed E-state index contributed by atoms with van der Waals surface area (Å²) in [6.07, 6.45) is 1.38. The summed E-state index contributed by atoms with van der Waals surface area (Å²) in [6.45, 7) is 0. The molecule has 0 fully saturated rings. The third-order valence-corrected chi connectivity index (χ3v) is 2.29. The Morgan fingerprint density at radius 3 is 2.93 bits per heavy atom. The standard InChI is InChI=1S/C8H7BBrN2O2/c1-14-12(13)8-4-2-3-7(10)6(8)5-11-9/h2-5H,1H3/q+1/b11-5+. The van der Waals surface area contributed by atoms with Gasteiger partial charge < -0.3 is 4.90 Å². The van der Waals surface area contributed by atoms with Gasteiger partial charge in [0.1, 0.15) is 0 Å². The summed E-state index contributed by atoms with van der Waals surface area (Å²) in [6, 6.07) is 5.11. The van der Waals surface area contributed by atoms with E-state index in [1.807, 2.05) is 0 Å². The van der Waals surface area contributed by atoms with Crippen molar-refractivity contribution in [3.8, 4) is 0 Å². The van der Waals surface area contributed by atoms with E-state index in [4.69, 9.17) is 7.98 Å². The summed E-state index contributed by atoms with van der Waals surface area (Å²) >= 11 is 3.28. The molecule has 0 heterocycles. The molecule has 70 valence electrons. The van der Waals surface area contributed by atoms with Crippen molar-refractivity contribution >= 4 is 35.8 Å². The van der Waals surface area contributed by atoms with E-state index in [-0.39, 0.29) is 0 Å². The molecule has 1 aromatic carbocycles. The largest absolute Gasteiger partial charge is 0.362 e. The fourth-order valence-corrected chi connectivity index (χ4v) is 1.44. The number of nitrogens with zero attached hydrogens (tertiary/aromatic N) is 2. The van der Waals surface area contributed by atoms with E-state index < -0.39 is 0 Å². The molecule has 0 amide bonds. The van der Waals surface area contributed by atoms with Gasteiger partial charge in [0.2, 0.25) is 0 Å². The Morgan fingerprint density at radius 2 is 2.36 bits per heavy atom. The van der Waals surface area contributed by atoms with Crippen LogP contribution < -0.4 is 0 Å². The molecule has 0 bridgehead atoms. The molecule has 2 radical (unpaired) electrons. The van der Waals surface area contributed by atoms with Gasteiger partial charge in [-0.15, -0.1) is 0 Å². The van der Waals surface area contributed by atoms with Crippen molar-refractivity contribution in [2.45, 2.75) is 0 Å². The smallest absolute Gasteiger partial charge is 0.326 e. The van der Waals surface area contributed by atoms with Crippen molar-refractivity contribution in [3.05, 3.63) is 33.1 Å². The van der Waals surface area contributed by atoms with Crippen LogP contribution in [0.1, 0.15) is 5.56 Å².